The molecular weight excluding hydrogens is 236 g/mol. The minimum absolute atomic E-state index is 0.387. The number of aliphatic hydroxyl groups is 1. The standard InChI is InChI=1S/C16H22N2O/c1-12-6-4-5-7-14(12)11-16(3,19)15(8-9-17)10-13(2)18/h4-10,19H,2,11,17-18H2,1,3H3/b9-8-,15-10+. The molecule has 0 aliphatic carbocycles. The van der Waals surface area contributed by atoms with Gasteiger partial charge >= 0.3 is 0 Å². The molecular formula is C16H22N2O. The summed E-state index contributed by atoms with van der Waals surface area (Å²) in [6.45, 7) is 7.40. The third kappa shape index (κ3) is 4.30. The molecule has 0 aliphatic heterocycles. The molecule has 0 aliphatic rings. The molecule has 1 atom stereocenters. The highest BCUT2D eigenvalue weighted by Gasteiger charge is 2.25. The van der Waals surface area contributed by atoms with E-state index >= 15 is 0 Å². The van der Waals surface area contributed by atoms with Crippen molar-refractivity contribution >= 4 is 0 Å². The molecule has 3 nitrogen and oxygen atoms in total. The number of allylic oxidation sites excluding steroid dienone is 1. The maximum atomic E-state index is 10.7. The molecule has 1 unspecified atom stereocenters. The van der Waals surface area contributed by atoms with Gasteiger partial charge in [-0.1, -0.05) is 30.8 Å². The Morgan fingerprint density at radius 2 is 2.05 bits per heavy atom. The van der Waals surface area contributed by atoms with Crippen LogP contribution in [0.1, 0.15) is 18.1 Å². The van der Waals surface area contributed by atoms with E-state index in [1.807, 2.05) is 31.2 Å². The van der Waals surface area contributed by atoms with Gasteiger partial charge in [-0.25, -0.2) is 0 Å². The molecule has 1 aromatic carbocycles. The summed E-state index contributed by atoms with van der Waals surface area (Å²) in [7, 11) is 0. The molecule has 102 valence electrons. The fourth-order valence-corrected chi connectivity index (χ4v) is 1.97. The Labute approximate surface area is 114 Å². The zero-order chi connectivity index (χ0) is 14.5. The van der Waals surface area contributed by atoms with Gasteiger partial charge in [0, 0.05) is 12.1 Å². The second kappa shape index (κ2) is 6.25. The lowest BCUT2D eigenvalue weighted by atomic mass is 9.86. The molecule has 0 aromatic heterocycles. The lowest BCUT2D eigenvalue weighted by molar-refractivity contribution is 0.103. The minimum atomic E-state index is -1.05. The predicted octanol–water partition coefficient (Wildman–Crippen LogP) is 2.16. The summed E-state index contributed by atoms with van der Waals surface area (Å²) in [5, 5.41) is 10.7. The van der Waals surface area contributed by atoms with E-state index in [1.54, 1.807) is 19.1 Å². The highest BCUT2D eigenvalue weighted by Crippen LogP contribution is 2.25. The summed E-state index contributed by atoms with van der Waals surface area (Å²) in [5.41, 5.74) is 13.2. The molecule has 3 heteroatoms. The number of hydrogen-bond acceptors (Lipinski definition) is 3. The van der Waals surface area contributed by atoms with Crippen LogP contribution in [0, 0.1) is 6.92 Å². The van der Waals surface area contributed by atoms with Gasteiger partial charge in [-0.05, 0) is 48.9 Å². The Balaban J connectivity index is 3.08. The zero-order valence-electron chi connectivity index (χ0n) is 11.6. The number of nitrogens with two attached hydrogens (primary N) is 2. The molecule has 0 spiro atoms. The molecule has 19 heavy (non-hydrogen) atoms. The van der Waals surface area contributed by atoms with Gasteiger partial charge < -0.3 is 16.6 Å². The predicted molar refractivity (Wildman–Crippen MR) is 80.2 cm³/mol. The third-order valence-electron chi connectivity index (χ3n) is 3.03. The summed E-state index contributed by atoms with van der Waals surface area (Å²) in [6.07, 6.45) is 5.17. The first-order valence-corrected chi connectivity index (χ1v) is 6.18. The van der Waals surface area contributed by atoms with Crippen LogP contribution in [0.4, 0.5) is 0 Å². The van der Waals surface area contributed by atoms with Crippen LogP contribution < -0.4 is 11.5 Å². The van der Waals surface area contributed by atoms with Gasteiger partial charge in [0.1, 0.15) is 0 Å². The molecule has 0 radical (unpaired) electrons. The maximum Gasteiger partial charge on any atom is 0.0910 e. The molecule has 1 aromatic rings. The lowest BCUT2D eigenvalue weighted by Gasteiger charge is -2.26. The van der Waals surface area contributed by atoms with Crippen molar-refractivity contribution in [1.29, 1.82) is 0 Å². The smallest absolute Gasteiger partial charge is 0.0910 e. The van der Waals surface area contributed by atoms with Crippen LogP contribution in [-0.4, -0.2) is 10.7 Å². The van der Waals surface area contributed by atoms with Crippen molar-refractivity contribution in [3.8, 4) is 0 Å². The van der Waals surface area contributed by atoms with E-state index in [0.29, 0.717) is 17.7 Å². The molecule has 0 amide bonds. The summed E-state index contributed by atoms with van der Waals surface area (Å²) in [6, 6.07) is 7.97. The molecule has 1 rings (SSSR count). The Kier molecular flexibility index (Phi) is 4.95. The lowest BCUT2D eigenvalue weighted by Crippen LogP contribution is -2.30. The molecule has 0 saturated carbocycles. The highest BCUT2D eigenvalue weighted by atomic mass is 16.3. The SMILES string of the molecule is C=C(N)/C=C(\C=C/N)C(C)(O)Cc1ccccc1C. The van der Waals surface area contributed by atoms with Crippen molar-refractivity contribution in [3.63, 3.8) is 0 Å². The van der Waals surface area contributed by atoms with Crippen LogP contribution in [0.25, 0.3) is 0 Å². The Bertz CT molecular complexity index is 513. The third-order valence-corrected chi connectivity index (χ3v) is 3.03. The number of aryl methyl sites for hydroxylation is 1. The molecule has 5 N–H and O–H groups in total. The molecule has 0 fully saturated rings. The fourth-order valence-electron chi connectivity index (χ4n) is 1.97. The van der Waals surface area contributed by atoms with Crippen LogP contribution in [0.2, 0.25) is 0 Å². The largest absolute Gasteiger partial charge is 0.405 e. The van der Waals surface area contributed by atoms with Crippen molar-refractivity contribution < 1.29 is 5.11 Å². The summed E-state index contributed by atoms with van der Waals surface area (Å²) >= 11 is 0. The van der Waals surface area contributed by atoms with E-state index in [0.717, 1.165) is 11.1 Å². The Morgan fingerprint density at radius 3 is 2.58 bits per heavy atom. The van der Waals surface area contributed by atoms with Crippen LogP contribution in [0.15, 0.2) is 60.5 Å². The number of hydrogen-bond donors (Lipinski definition) is 3. The van der Waals surface area contributed by atoms with Gasteiger partial charge in [0.15, 0.2) is 0 Å². The van der Waals surface area contributed by atoms with E-state index < -0.39 is 5.60 Å². The minimum Gasteiger partial charge on any atom is -0.405 e. The average molecular weight is 258 g/mol. The van der Waals surface area contributed by atoms with Crippen LogP contribution in [0.5, 0.6) is 0 Å². The summed E-state index contributed by atoms with van der Waals surface area (Å²) in [4.78, 5) is 0. The second-order valence-corrected chi connectivity index (χ2v) is 4.91. The van der Waals surface area contributed by atoms with Crippen molar-refractivity contribution in [1.82, 2.24) is 0 Å². The normalized spacial score (nSPS) is 15.4. The quantitative estimate of drug-likeness (QED) is 0.709. The van der Waals surface area contributed by atoms with E-state index in [1.165, 1.54) is 6.20 Å². The summed E-state index contributed by atoms with van der Waals surface area (Å²) < 4.78 is 0. The van der Waals surface area contributed by atoms with E-state index in [4.69, 9.17) is 11.5 Å². The fraction of sp³-hybridized carbons (Fsp3) is 0.250. The van der Waals surface area contributed by atoms with Gasteiger partial charge in [0.25, 0.3) is 0 Å². The molecule has 0 saturated heterocycles. The van der Waals surface area contributed by atoms with Crippen molar-refractivity contribution in [3.05, 3.63) is 71.6 Å². The number of rotatable bonds is 5. The maximum absolute atomic E-state index is 10.7. The van der Waals surface area contributed by atoms with E-state index in [9.17, 15) is 5.11 Å². The molecule has 0 heterocycles. The van der Waals surface area contributed by atoms with Crippen molar-refractivity contribution in [2.75, 3.05) is 0 Å². The zero-order valence-corrected chi connectivity index (χ0v) is 11.6. The second-order valence-electron chi connectivity index (χ2n) is 4.91. The average Bonchev–Trinajstić information content (AvgIpc) is 2.31. The van der Waals surface area contributed by atoms with Gasteiger partial charge in [-0.3, -0.25) is 0 Å². The first-order valence-electron chi connectivity index (χ1n) is 6.18. The van der Waals surface area contributed by atoms with Crippen molar-refractivity contribution in [2.24, 2.45) is 11.5 Å². The Morgan fingerprint density at radius 1 is 1.42 bits per heavy atom. The van der Waals surface area contributed by atoms with Crippen LogP contribution in [0.3, 0.4) is 0 Å². The van der Waals surface area contributed by atoms with E-state index in [2.05, 4.69) is 6.58 Å². The topological polar surface area (TPSA) is 72.3 Å². The van der Waals surface area contributed by atoms with Gasteiger partial charge in [-0.2, -0.15) is 0 Å². The first-order chi connectivity index (χ1) is 8.86. The monoisotopic (exact) mass is 258 g/mol. The van der Waals surface area contributed by atoms with Gasteiger partial charge in [-0.15, -0.1) is 0 Å². The van der Waals surface area contributed by atoms with Crippen LogP contribution in [-0.2, 0) is 6.42 Å². The van der Waals surface area contributed by atoms with Crippen molar-refractivity contribution in [2.45, 2.75) is 25.9 Å². The van der Waals surface area contributed by atoms with E-state index in [-0.39, 0.29) is 0 Å². The first kappa shape index (κ1) is 15.1. The van der Waals surface area contributed by atoms with Gasteiger partial charge in [0.05, 0.1) is 5.60 Å². The van der Waals surface area contributed by atoms with Crippen LogP contribution >= 0.6 is 0 Å². The molecule has 0 bridgehead atoms. The van der Waals surface area contributed by atoms with Gasteiger partial charge in [0.2, 0.25) is 0 Å². The highest BCUT2D eigenvalue weighted by molar-refractivity contribution is 5.37. The Hall–Kier alpha value is -2.00. The number of benzene rings is 1. The summed E-state index contributed by atoms with van der Waals surface area (Å²) in [5.74, 6) is 0.